The van der Waals surface area contributed by atoms with Crippen molar-refractivity contribution in [1.82, 2.24) is 0 Å². The first-order chi connectivity index (χ1) is 10.9. The molecule has 7 aromatic rings. The maximum atomic E-state index is 2.36. The molecule has 0 saturated heterocycles. The zero-order valence-corrected chi connectivity index (χ0v) is 15.7. The van der Waals surface area contributed by atoms with Crippen molar-refractivity contribution in [2.75, 3.05) is 0 Å². The van der Waals surface area contributed by atoms with E-state index in [0.717, 1.165) is 0 Å². The summed E-state index contributed by atoms with van der Waals surface area (Å²) in [6, 6.07) is 0. The molecule has 0 amide bonds. The maximum Gasteiger partial charge on any atom is 0.0543 e. The summed E-state index contributed by atoms with van der Waals surface area (Å²) in [6.07, 6.45) is 0. The second-order valence-electron chi connectivity index (χ2n) is 5.42. The molecule has 0 aliphatic carbocycles. The molecule has 0 bridgehead atoms. The fourth-order valence-electron chi connectivity index (χ4n) is 3.52. The van der Waals surface area contributed by atoms with Gasteiger partial charge in [0.1, 0.15) is 0 Å². The van der Waals surface area contributed by atoms with Gasteiger partial charge in [-0.3, -0.25) is 0 Å². The predicted molar refractivity (Wildman–Crippen MR) is 110 cm³/mol. The number of thiophene rings is 6. The summed E-state index contributed by atoms with van der Waals surface area (Å²) < 4.78 is 11.9. The van der Waals surface area contributed by atoms with Crippen LogP contribution in [0.25, 0.3) is 59.1 Å². The molecule has 0 spiro atoms. The number of rotatable bonds is 0. The van der Waals surface area contributed by atoms with Gasteiger partial charge in [-0.1, -0.05) is 0 Å². The molecule has 0 atom stereocenters. The largest absolute Gasteiger partial charge is 0.141 e. The Bertz CT molecular complexity index is 1250. The van der Waals surface area contributed by atoms with E-state index in [1.54, 1.807) is 0 Å². The van der Waals surface area contributed by atoms with Gasteiger partial charge in [0.15, 0.2) is 0 Å². The van der Waals surface area contributed by atoms with Crippen LogP contribution in [0.1, 0.15) is 0 Å². The van der Waals surface area contributed by atoms with Crippen LogP contribution in [-0.4, -0.2) is 0 Å². The van der Waals surface area contributed by atoms with Crippen molar-refractivity contribution in [3.05, 3.63) is 21.5 Å². The molecule has 0 fully saturated rings. The van der Waals surface area contributed by atoms with Gasteiger partial charge < -0.3 is 0 Å². The van der Waals surface area contributed by atoms with E-state index < -0.39 is 0 Å². The summed E-state index contributed by atoms with van der Waals surface area (Å²) in [7, 11) is 0. The van der Waals surface area contributed by atoms with Gasteiger partial charge in [-0.15, -0.1) is 68.0 Å². The highest BCUT2D eigenvalue weighted by molar-refractivity contribution is 7.38. The number of hydrogen-bond acceptors (Lipinski definition) is 6. The highest BCUT2D eigenvalue weighted by Crippen LogP contribution is 2.54. The van der Waals surface area contributed by atoms with Crippen LogP contribution in [0.3, 0.4) is 0 Å². The van der Waals surface area contributed by atoms with Gasteiger partial charge in [-0.05, 0) is 0 Å². The van der Waals surface area contributed by atoms with E-state index in [2.05, 4.69) is 21.5 Å². The van der Waals surface area contributed by atoms with Gasteiger partial charge in [-0.25, -0.2) is 0 Å². The molecule has 104 valence electrons. The number of fused-ring (bicyclic) bond motifs is 2. The van der Waals surface area contributed by atoms with E-state index in [0.29, 0.717) is 0 Å². The minimum atomic E-state index is 1.46. The van der Waals surface area contributed by atoms with E-state index in [4.69, 9.17) is 0 Å². The zero-order chi connectivity index (χ0) is 14.0. The van der Waals surface area contributed by atoms with E-state index in [1.807, 2.05) is 68.0 Å². The van der Waals surface area contributed by atoms with Crippen LogP contribution in [-0.2, 0) is 0 Å². The van der Waals surface area contributed by atoms with E-state index in [-0.39, 0.29) is 0 Å². The third-order valence-corrected chi connectivity index (χ3v) is 11.4. The summed E-state index contributed by atoms with van der Waals surface area (Å²) in [5.41, 5.74) is 0. The first-order valence-electron chi connectivity index (χ1n) is 6.73. The topological polar surface area (TPSA) is 0 Å². The standard InChI is InChI=1S/C16H4S6/c1-5-9-10-6(21-5)2-19-15(10)16-12-8(4-20-16)22-7-3-18-14(11(7)12)13(9)17-1/h1-4H. The van der Waals surface area contributed by atoms with Gasteiger partial charge in [0.25, 0.3) is 0 Å². The third-order valence-electron chi connectivity index (χ3n) is 4.38. The Hall–Kier alpha value is -0.760. The van der Waals surface area contributed by atoms with Gasteiger partial charge >= 0.3 is 0 Å². The highest BCUT2D eigenvalue weighted by atomic mass is 32.1. The Morgan fingerprint density at radius 1 is 0.409 bits per heavy atom. The Morgan fingerprint density at radius 2 is 0.682 bits per heavy atom. The average molecular weight is 389 g/mol. The van der Waals surface area contributed by atoms with Crippen molar-refractivity contribution in [1.29, 1.82) is 0 Å². The lowest BCUT2D eigenvalue weighted by Crippen LogP contribution is -1.66. The molecule has 0 radical (unpaired) electrons. The van der Waals surface area contributed by atoms with Crippen LogP contribution in [0, 0.1) is 0 Å². The summed E-state index contributed by atoms with van der Waals surface area (Å²) in [4.78, 5) is 0. The van der Waals surface area contributed by atoms with Gasteiger partial charge in [-0.2, -0.15) is 0 Å². The van der Waals surface area contributed by atoms with Crippen molar-refractivity contribution in [3.63, 3.8) is 0 Å². The molecule has 6 heterocycles. The second-order valence-corrected chi connectivity index (χ2v) is 11.1. The van der Waals surface area contributed by atoms with Crippen molar-refractivity contribution >= 4 is 127 Å². The molecule has 0 aliphatic heterocycles. The molecule has 1 aromatic carbocycles. The maximum absolute atomic E-state index is 2.36. The highest BCUT2D eigenvalue weighted by Gasteiger charge is 2.21. The van der Waals surface area contributed by atoms with E-state index in [9.17, 15) is 0 Å². The lowest BCUT2D eigenvalue weighted by atomic mass is 10.1. The minimum absolute atomic E-state index is 1.46. The molecular formula is C16H4S6. The van der Waals surface area contributed by atoms with Crippen molar-refractivity contribution < 1.29 is 0 Å². The second kappa shape index (κ2) is 3.66. The molecule has 22 heavy (non-hydrogen) atoms. The Balaban J connectivity index is 2.11. The lowest BCUT2D eigenvalue weighted by molar-refractivity contribution is 2.40. The van der Waals surface area contributed by atoms with Gasteiger partial charge in [0.05, 0.1) is 18.8 Å². The van der Waals surface area contributed by atoms with Crippen LogP contribution in [0.5, 0.6) is 0 Å². The van der Waals surface area contributed by atoms with Gasteiger partial charge in [0.2, 0.25) is 0 Å². The summed E-state index contributed by atoms with van der Waals surface area (Å²) in [6.45, 7) is 0. The molecule has 0 aliphatic rings. The Labute approximate surface area is 147 Å². The van der Waals surface area contributed by atoms with Crippen molar-refractivity contribution in [3.8, 4) is 0 Å². The van der Waals surface area contributed by atoms with Crippen LogP contribution in [0.15, 0.2) is 21.5 Å². The van der Waals surface area contributed by atoms with Gasteiger partial charge in [0, 0.05) is 61.9 Å². The Kier molecular flexibility index (Phi) is 1.95. The van der Waals surface area contributed by atoms with E-state index >= 15 is 0 Å². The van der Waals surface area contributed by atoms with Crippen LogP contribution < -0.4 is 0 Å². The monoisotopic (exact) mass is 388 g/mol. The number of hydrogen-bond donors (Lipinski definition) is 0. The first-order valence-corrected chi connectivity index (χ1v) is 11.9. The lowest BCUT2D eigenvalue weighted by Gasteiger charge is -1.95. The molecule has 0 saturated carbocycles. The van der Waals surface area contributed by atoms with Crippen LogP contribution in [0.4, 0.5) is 0 Å². The Morgan fingerprint density at radius 3 is 0.955 bits per heavy atom. The average Bonchev–Trinajstić information content (AvgIpc) is 3.21. The normalized spacial score (nSPS) is 13.5. The smallest absolute Gasteiger partial charge is 0.0543 e. The minimum Gasteiger partial charge on any atom is -0.141 e. The fraction of sp³-hybridized carbons (Fsp3) is 0. The molecular weight excluding hydrogens is 385 g/mol. The van der Waals surface area contributed by atoms with Crippen LogP contribution in [0.2, 0.25) is 0 Å². The van der Waals surface area contributed by atoms with Crippen LogP contribution >= 0.6 is 68.0 Å². The third kappa shape index (κ3) is 1.13. The van der Waals surface area contributed by atoms with E-state index in [1.165, 1.54) is 59.1 Å². The fourth-order valence-corrected chi connectivity index (χ4v) is 10.9. The first kappa shape index (κ1) is 11.7. The quantitative estimate of drug-likeness (QED) is 0.244. The molecule has 0 N–H and O–H groups in total. The molecule has 6 heteroatoms. The molecule has 6 aromatic heterocycles. The summed E-state index contributed by atoms with van der Waals surface area (Å²) in [5, 5.41) is 15.5. The van der Waals surface area contributed by atoms with Crippen molar-refractivity contribution in [2.45, 2.75) is 0 Å². The summed E-state index contributed by atoms with van der Waals surface area (Å²) in [5.74, 6) is 0. The molecule has 0 nitrogen and oxygen atoms in total. The molecule has 7 rings (SSSR count). The SMILES string of the molecule is c1sc2c3scc4sc5csc(c6scc7sc1c2c76)c5c43. The zero-order valence-electron chi connectivity index (χ0n) is 10.8. The summed E-state index contributed by atoms with van der Waals surface area (Å²) >= 11 is 11.6. The predicted octanol–water partition coefficient (Wildman–Crippen LogP) is 8.41. The van der Waals surface area contributed by atoms with Crippen molar-refractivity contribution in [2.24, 2.45) is 0 Å². The molecule has 0 unspecified atom stereocenters.